The fraction of sp³-hybridized carbons (Fsp3) is 0.476. The van der Waals surface area contributed by atoms with E-state index in [1.807, 2.05) is 6.92 Å². The highest BCUT2D eigenvalue weighted by atomic mass is 19.1. The van der Waals surface area contributed by atoms with Gasteiger partial charge in [-0.25, -0.2) is 4.39 Å². The predicted octanol–water partition coefficient (Wildman–Crippen LogP) is 5.09. The van der Waals surface area contributed by atoms with Gasteiger partial charge in [-0.2, -0.15) is 0 Å². The van der Waals surface area contributed by atoms with E-state index in [9.17, 15) is 9.18 Å². The molecule has 0 bridgehead atoms. The van der Waals surface area contributed by atoms with E-state index in [4.69, 9.17) is 5.73 Å². The van der Waals surface area contributed by atoms with Crippen LogP contribution >= 0.6 is 0 Å². The summed E-state index contributed by atoms with van der Waals surface area (Å²) < 4.78 is 15.6. The maximum absolute atomic E-state index is 13.4. The van der Waals surface area contributed by atoms with Crippen LogP contribution in [0.25, 0.3) is 11.1 Å². The van der Waals surface area contributed by atoms with Crippen molar-refractivity contribution in [2.24, 2.45) is 11.7 Å². The van der Waals surface area contributed by atoms with Crippen molar-refractivity contribution < 1.29 is 9.18 Å². The molecule has 0 aliphatic rings. The molecule has 2 N–H and O–H groups in total. The van der Waals surface area contributed by atoms with Crippen LogP contribution in [0.3, 0.4) is 0 Å². The normalized spacial score (nSPS) is 11.3. The lowest BCUT2D eigenvalue weighted by Crippen LogP contribution is -2.13. The molecular formula is C21H29FN2O. The van der Waals surface area contributed by atoms with Crippen molar-refractivity contribution in [2.75, 3.05) is 0 Å². The molecule has 25 heavy (non-hydrogen) atoms. The lowest BCUT2D eigenvalue weighted by atomic mass is 9.97. The van der Waals surface area contributed by atoms with Crippen molar-refractivity contribution in [3.8, 4) is 11.1 Å². The van der Waals surface area contributed by atoms with E-state index < -0.39 is 5.91 Å². The van der Waals surface area contributed by atoms with Crippen LogP contribution in [0.5, 0.6) is 0 Å². The molecule has 0 saturated carbocycles. The summed E-state index contributed by atoms with van der Waals surface area (Å²) in [6.45, 7) is 9.37. The van der Waals surface area contributed by atoms with Crippen LogP contribution in [0.2, 0.25) is 0 Å². The molecule has 136 valence electrons. The van der Waals surface area contributed by atoms with Gasteiger partial charge in [-0.05, 0) is 49.8 Å². The zero-order valence-corrected chi connectivity index (χ0v) is 15.7. The molecule has 1 amide bonds. The zero-order valence-electron chi connectivity index (χ0n) is 15.7. The predicted molar refractivity (Wildman–Crippen MR) is 101 cm³/mol. The second-order valence-corrected chi connectivity index (χ2v) is 7.09. The molecule has 0 saturated heterocycles. The van der Waals surface area contributed by atoms with Gasteiger partial charge < -0.3 is 10.3 Å². The van der Waals surface area contributed by atoms with Gasteiger partial charge in [0.1, 0.15) is 5.82 Å². The van der Waals surface area contributed by atoms with Gasteiger partial charge in [0.25, 0.3) is 5.91 Å². The van der Waals surface area contributed by atoms with E-state index in [1.165, 1.54) is 12.1 Å². The highest BCUT2D eigenvalue weighted by Crippen LogP contribution is 2.34. The average molecular weight is 344 g/mol. The first kappa shape index (κ1) is 19.2. The minimum atomic E-state index is -0.419. The Kier molecular flexibility index (Phi) is 6.40. The summed E-state index contributed by atoms with van der Waals surface area (Å²) in [4.78, 5) is 12.2. The van der Waals surface area contributed by atoms with E-state index in [1.54, 1.807) is 12.1 Å². The maximum atomic E-state index is 13.4. The molecule has 0 aliphatic carbocycles. The third-order valence-electron chi connectivity index (χ3n) is 4.71. The van der Waals surface area contributed by atoms with Crippen LogP contribution in [0.1, 0.15) is 61.8 Å². The topological polar surface area (TPSA) is 48.0 Å². The molecule has 0 fully saturated rings. The standard InChI is InChI=1S/C21H29FN2O/c1-5-6-7-18-20(16-8-10-17(22)11-9-16)19(21(23)25)15(4)24(18)13-12-14(2)3/h8-11,14H,5-7,12-13H2,1-4H3,(H2,23,25). The second kappa shape index (κ2) is 8.32. The van der Waals surface area contributed by atoms with E-state index in [0.29, 0.717) is 11.5 Å². The molecule has 1 aromatic carbocycles. The van der Waals surface area contributed by atoms with E-state index in [0.717, 1.165) is 54.7 Å². The van der Waals surface area contributed by atoms with Gasteiger partial charge in [0.2, 0.25) is 0 Å². The molecule has 4 heteroatoms. The molecule has 2 rings (SSSR count). The van der Waals surface area contributed by atoms with Gasteiger partial charge in [-0.1, -0.05) is 39.3 Å². The van der Waals surface area contributed by atoms with Crippen LogP contribution in [-0.2, 0) is 13.0 Å². The van der Waals surface area contributed by atoms with Gasteiger partial charge in [0, 0.05) is 23.5 Å². The molecule has 0 unspecified atom stereocenters. The maximum Gasteiger partial charge on any atom is 0.251 e. The Morgan fingerprint density at radius 2 is 1.88 bits per heavy atom. The third-order valence-corrected chi connectivity index (χ3v) is 4.71. The Bertz CT molecular complexity index is 729. The summed E-state index contributed by atoms with van der Waals surface area (Å²) in [5.74, 6) is -0.125. The van der Waals surface area contributed by atoms with Gasteiger partial charge >= 0.3 is 0 Å². The van der Waals surface area contributed by atoms with Gasteiger partial charge in [-0.3, -0.25) is 4.79 Å². The summed E-state index contributed by atoms with van der Waals surface area (Å²) in [5, 5.41) is 0. The van der Waals surface area contributed by atoms with Gasteiger partial charge in [-0.15, -0.1) is 0 Å². The number of benzene rings is 1. The van der Waals surface area contributed by atoms with Crippen LogP contribution in [0.15, 0.2) is 24.3 Å². The Labute approximate surface area is 150 Å². The number of hydrogen-bond acceptors (Lipinski definition) is 1. The number of carbonyl (C=O) groups excluding carboxylic acids is 1. The summed E-state index contributed by atoms with van der Waals surface area (Å²) in [7, 11) is 0. The number of primary amides is 1. The number of rotatable bonds is 8. The number of hydrogen-bond donors (Lipinski definition) is 1. The smallest absolute Gasteiger partial charge is 0.251 e. The van der Waals surface area contributed by atoms with E-state index >= 15 is 0 Å². The number of halogens is 1. The molecule has 0 radical (unpaired) electrons. The number of amides is 1. The minimum absolute atomic E-state index is 0.282. The van der Waals surface area contributed by atoms with Crippen LogP contribution in [0, 0.1) is 18.7 Å². The first-order valence-electron chi connectivity index (χ1n) is 9.14. The van der Waals surface area contributed by atoms with Crippen LogP contribution in [-0.4, -0.2) is 10.5 Å². The first-order valence-corrected chi connectivity index (χ1v) is 9.14. The van der Waals surface area contributed by atoms with Crippen molar-refractivity contribution in [3.63, 3.8) is 0 Å². The quantitative estimate of drug-likeness (QED) is 0.712. The van der Waals surface area contributed by atoms with Crippen molar-refractivity contribution in [2.45, 2.75) is 59.9 Å². The fourth-order valence-corrected chi connectivity index (χ4v) is 3.32. The van der Waals surface area contributed by atoms with Crippen LogP contribution in [0.4, 0.5) is 4.39 Å². The summed E-state index contributed by atoms with van der Waals surface area (Å²) in [6.07, 6.45) is 4.03. The van der Waals surface area contributed by atoms with Gasteiger partial charge in [0.15, 0.2) is 0 Å². The Hall–Kier alpha value is -2.10. The molecule has 0 spiro atoms. The monoisotopic (exact) mass is 344 g/mol. The minimum Gasteiger partial charge on any atom is -0.366 e. The largest absolute Gasteiger partial charge is 0.366 e. The van der Waals surface area contributed by atoms with Crippen molar-refractivity contribution in [1.82, 2.24) is 4.57 Å². The Balaban J connectivity index is 2.65. The van der Waals surface area contributed by atoms with Gasteiger partial charge in [0.05, 0.1) is 5.56 Å². The highest BCUT2D eigenvalue weighted by Gasteiger charge is 2.24. The van der Waals surface area contributed by atoms with Crippen LogP contribution < -0.4 is 5.73 Å². The second-order valence-electron chi connectivity index (χ2n) is 7.09. The fourth-order valence-electron chi connectivity index (χ4n) is 3.32. The van der Waals surface area contributed by atoms with E-state index in [2.05, 4.69) is 25.3 Å². The molecule has 1 heterocycles. The number of unbranched alkanes of at least 4 members (excludes halogenated alkanes) is 1. The zero-order chi connectivity index (χ0) is 18.6. The average Bonchev–Trinajstić information content (AvgIpc) is 2.83. The summed E-state index contributed by atoms with van der Waals surface area (Å²) >= 11 is 0. The Morgan fingerprint density at radius 3 is 2.40 bits per heavy atom. The number of aromatic nitrogens is 1. The lowest BCUT2D eigenvalue weighted by molar-refractivity contribution is 0.1000. The SMILES string of the molecule is CCCCc1c(-c2ccc(F)cc2)c(C(N)=O)c(C)n1CCC(C)C. The first-order chi connectivity index (χ1) is 11.9. The van der Waals surface area contributed by atoms with Crippen molar-refractivity contribution >= 4 is 5.91 Å². The van der Waals surface area contributed by atoms with Crippen molar-refractivity contribution in [3.05, 3.63) is 47.0 Å². The highest BCUT2D eigenvalue weighted by molar-refractivity contribution is 6.02. The number of nitrogens with zero attached hydrogens (tertiary/aromatic N) is 1. The molecule has 3 nitrogen and oxygen atoms in total. The Morgan fingerprint density at radius 1 is 1.24 bits per heavy atom. The summed E-state index contributed by atoms with van der Waals surface area (Å²) in [5.41, 5.74) is 10.1. The molecular weight excluding hydrogens is 315 g/mol. The third kappa shape index (κ3) is 4.30. The number of nitrogens with two attached hydrogens (primary N) is 1. The summed E-state index contributed by atoms with van der Waals surface area (Å²) in [6, 6.07) is 6.34. The molecule has 2 aromatic rings. The number of carbonyl (C=O) groups is 1. The molecule has 0 aliphatic heterocycles. The molecule has 0 atom stereocenters. The van der Waals surface area contributed by atoms with E-state index in [-0.39, 0.29) is 5.82 Å². The lowest BCUT2D eigenvalue weighted by Gasteiger charge is -2.14. The van der Waals surface area contributed by atoms with Crippen molar-refractivity contribution in [1.29, 1.82) is 0 Å². The molecule has 1 aromatic heterocycles.